The van der Waals surface area contributed by atoms with Crippen LogP contribution < -0.4 is 10.2 Å². The Labute approximate surface area is 106 Å². The fraction of sp³-hybridized carbons (Fsp3) is 0.429. The molecule has 0 spiro atoms. The molecule has 1 atom stereocenters. The maximum absolute atomic E-state index is 12.4. The number of anilines is 1. The van der Waals surface area contributed by atoms with Crippen molar-refractivity contribution in [2.24, 2.45) is 5.92 Å². The SMILES string of the molecule is O=C1CCC(C(=O)N2CCc3ccccc32)CN1. The van der Waals surface area contributed by atoms with E-state index in [0.29, 0.717) is 19.4 Å². The van der Waals surface area contributed by atoms with Crippen LogP contribution in [0.1, 0.15) is 18.4 Å². The van der Waals surface area contributed by atoms with E-state index < -0.39 is 0 Å². The van der Waals surface area contributed by atoms with E-state index in [-0.39, 0.29) is 17.7 Å². The number of para-hydroxylation sites is 1. The third-order valence-electron chi connectivity index (χ3n) is 3.77. The Bertz CT molecular complexity index is 488. The van der Waals surface area contributed by atoms with Crippen LogP contribution in [0.15, 0.2) is 24.3 Å². The van der Waals surface area contributed by atoms with E-state index in [0.717, 1.165) is 18.7 Å². The van der Waals surface area contributed by atoms with E-state index in [4.69, 9.17) is 0 Å². The Morgan fingerprint density at radius 2 is 2.11 bits per heavy atom. The van der Waals surface area contributed by atoms with Crippen LogP contribution in [0.3, 0.4) is 0 Å². The van der Waals surface area contributed by atoms with E-state index in [9.17, 15) is 9.59 Å². The summed E-state index contributed by atoms with van der Waals surface area (Å²) in [6, 6.07) is 8.05. The van der Waals surface area contributed by atoms with Crippen molar-refractivity contribution in [1.82, 2.24) is 5.32 Å². The number of rotatable bonds is 1. The summed E-state index contributed by atoms with van der Waals surface area (Å²) < 4.78 is 0. The summed E-state index contributed by atoms with van der Waals surface area (Å²) in [7, 11) is 0. The molecule has 3 rings (SSSR count). The highest BCUT2D eigenvalue weighted by atomic mass is 16.2. The first-order valence-electron chi connectivity index (χ1n) is 6.41. The van der Waals surface area contributed by atoms with E-state index in [1.54, 1.807) is 0 Å². The van der Waals surface area contributed by atoms with Gasteiger partial charge in [0, 0.05) is 25.2 Å². The van der Waals surface area contributed by atoms with Crippen LogP contribution in [-0.4, -0.2) is 24.9 Å². The number of amides is 2. The Balaban J connectivity index is 1.76. The first kappa shape index (κ1) is 11.3. The van der Waals surface area contributed by atoms with Gasteiger partial charge in [-0.15, -0.1) is 0 Å². The molecule has 1 N–H and O–H groups in total. The Morgan fingerprint density at radius 3 is 2.89 bits per heavy atom. The molecule has 4 heteroatoms. The van der Waals surface area contributed by atoms with Crippen LogP contribution >= 0.6 is 0 Å². The van der Waals surface area contributed by atoms with Gasteiger partial charge in [-0.3, -0.25) is 9.59 Å². The van der Waals surface area contributed by atoms with Gasteiger partial charge in [0.25, 0.3) is 0 Å². The molecule has 1 saturated heterocycles. The average molecular weight is 244 g/mol. The lowest BCUT2D eigenvalue weighted by molar-refractivity contribution is -0.127. The summed E-state index contributed by atoms with van der Waals surface area (Å²) in [5.74, 6) is 0.148. The predicted octanol–water partition coefficient (Wildman–Crippen LogP) is 1.10. The van der Waals surface area contributed by atoms with Crippen LogP contribution in [0, 0.1) is 5.92 Å². The summed E-state index contributed by atoms with van der Waals surface area (Å²) in [5.41, 5.74) is 2.28. The van der Waals surface area contributed by atoms with E-state index in [1.165, 1.54) is 5.56 Å². The second-order valence-corrected chi connectivity index (χ2v) is 4.91. The number of hydrogen-bond acceptors (Lipinski definition) is 2. The van der Waals surface area contributed by atoms with E-state index in [2.05, 4.69) is 11.4 Å². The highest BCUT2D eigenvalue weighted by Crippen LogP contribution is 2.29. The fourth-order valence-electron chi connectivity index (χ4n) is 2.73. The standard InChI is InChI=1S/C14H16N2O2/c17-13-6-5-11(9-15-13)14(18)16-8-7-10-3-1-2-4-12(10)16/h1-4,11H,5-9H2,(H,15,17). The molecule has 4 nitrogen and oxygen atoms in total. The van der Waals surface area contributed by atoms with Gasteiger partial charge in [0.1, 0.15) is 0 Å². The van der Waals surface area contributed by atoms with Crippen molar-refractivity contribution in [3.05, 3.63) is 29.8 Å². The topological polar surface area (TPSA) is 49.4 Å². The van der Waals surface area contributed by atoms with Crippen molar-refractivity contribution in [1.29, 1.82) is 0 Å². The van der Waals surface area contributed by atoms with Gasteiger partial charge >= 0.3 is 0 Å². The average Bonchev–Trinajstić information content (AvgIpc) is 2.82. The molecular weight excluding hydrogens is 228 g/mol. The number of benzene rings is 1. The van der Waals surface area contributed by atoms with Crippen LogP contribution in [0.2, 0.25) is 0 Å². The number of carbonyl (C=O) groups is 2. The van der Waals surface area contributed by atoms with Crippen molar-refractivity contribution < 1.29 is 9.59 Å². The van der Waals surface area contributed by atoms with Gasteiger partial charge in [0.05, 0.1) is 5.92 Å². The molecule has 0 bridgehead atoms. The Morgan fingerprint density at radius 1 is 1.28 bits per heavy atom. The highest BCUT2D eigenvalue weighted by Gasteiger charge is 2.32. The summed E-state index contributed by atoms with van der Waals surface area (Å²) in [6.07, 6.45) is 2.07. The zero-order valence-corrected chi connectivity index (χ0v) is 10.2. The molecule has 1 aromatic rings. The maximum Gasteiger partial charge on any atom is 0.231 e. The van der Waals surface area contributed by atoms with Crippen molar-refractivity contribution in [2.45, 2.75) is 19.3 Å². The van der Waals surface area contributed by atoms with Crippen molar-refractivity contribution in [3.8, 4) is 0 Å². The van der Waals surface area contributed by atoms with Gasteiger partial charge in [-0.25, -0.2) is 0 Å². The number of hydrogen-bond donors (Lipinski definition) is 1. The lowest BCUT2D eigenvalue weighted by Crippen LogP contribution is -2.44. The molecule has 2 aliphatic heterocycles. The molecule has 18 heavy (non-hydrogen) atoms. The van der Waals surface area contributed by atoms with Gasteiger partial charge in [0.15, 0.2) is 0 Å². The molecule has 0 saturated carbocycles. The molecule has 0 aromatic heterocycles. The van der Waals surface area contributed by atoms with Gasteiger partial charge in [0.2, 0.25) is 11.8 Å². The van der Waals surface area contributed by atoms with Gasteiger partial charge in [-0.2, -0.15) is 0 Å². The minimum absolute atomic E-state index is 0.0564. The molecule has 1 aromatic carbocycles. The Kier molecular flexibility index (Phi) is 2.78. The predicted molar refractivity (Wildman–Crippen MR) is 68.2 cm³/mol. The summed E-state index contributed by atoms with van der Waals surface area (Å²) >= 11 is 0. The number of carbonyl (C=O) groups excluding carboxylic acids is 2. The summed E-state index contributed by atoms with van der Waals surface area (Å²) in [5, 5.41) is 2.77. The quantitative estimate of drug-likeness (QED) is 0.804. The lowest BCUT2D eigenvalue weighted by atomic mass is 9.97. The van der Waals surface area contributed by atoms with Gasteiger partial charge in [-0.05, 0) is 24.5 Å². The number of fused-ring (bicyclic) bond motifs is 1. The molecule has 0 radical (unpaired) electrons. The Hall–Kier alpha value is -1.84. The monoisotopic (exact) mass is 244 g/mol. The molecule has 1 unspecified atom stereocenters. The number of nitrogens with zero attached hydrogens (tertiary/aromatic N) is 1. The van der Waals surface area contributed by atoms with Gasteiger partial charge in [-0.1, -0.05) is 18.2 Å². The summed E-state index contributed by atoms with van der Waals surface area (Å²) in [4.78, 5) is 25.4. The second kappa shape index (κ2) is 4.44. The molecular formula is C14H16N2O2. The van der Waals surface area contributed by atoms with Crippen LogP contribution in [0.25, 0.3) is 0 Å². The molecule has 94 valence electrons. The first-order valence-corrected chi connectivity index (χ1v) is 6.41. The first-order chi connectivity index (χ1) is 8.75. The minimum atomic E-state index is -0.0612. The van der Waals surface area contributed by atoms with Crippen LogP contribution in [0.5, 0.6) is 0 Å². The third kappa shape index (κ3) is 1.88. The maximum atomic E-state index is 12.4. The molecule has 2 heterocycles. The van der Waals surface area contributed by atoms with E-state index in [1.807, 2.05) is 23.1 Å². The zero-order valence-electron chi connectivity index (χ0n) is 10.2. The van der Waals surface area contributed by atoms with E-state index >= 15 is 0 Å². The second-order valence-electron chi connectivity index (χ2n) is 4.91. The third-order valence-corrected chi connectivity index (χ3v) is 3.77. The van der Waals surface area contributed by atoms with Gasteiger partial charge < -0.3 is 10.2 Å². The zero-order chi connectivity index (χ0) is 12.5. The van der Waals surface area contributed by atoms with Crippen LogP contribution in [-0.2, 0) is 16.0 Å². The lowest BCUT2D eigenvalue weighted by Gasteiger charge is -2.26. The highest BCUT2D eigenvalue weighted by molar-refractivity contribution is 5.98. The van der Waals surface area contributed by atoms with Crippen molar-refractivity contribution in [2.75, 3.05) is 18.0 Å². The van der Waals surface area contributed by atoms with Crippen molar-refractivity contribution in [3.63, 3.8) is 0 Å². The fourth-order valence-corrected chi connectivity index (χ4v) is 2.73. The minimum Gasteiger partial charge on any atom is -0.355 e. The van der Waals surface area contributed by atoms with Crippen LogP contribution in [0.4, 0.5) is 5.69 Å². The summed E-state index contributed by atoms with van der Waals surface area (Å²) in [6.45, 7) is 1.25. The van der Waals surface area contributed by atoms with Crippen molar-refractivity contribution >= 4 is 17.5 Å². The molecule has 0 aliphatic carbocycles. The number of piperidine rings is 1. The normalized spacial score (nSPS) is 22.6. The smallest absolute Gasteiger partial charge is 0.231 e. The largest absolute Gasteiger partial charge is 0.355 e. The molecule has 2 aliphatic rings. The molecule has 1 fully saturated rings. The number of nitrogens with one attached hydrogen (secondary N) is 1. The molecule has 2 amide bonds.